The third-order valence-electron chi connectivity index (χ3n) is 3.86. The standard InChI is InChI=1S/C20H11ClF3N3O/c21-15-8-6-13(7-9-15)12-26-27-18(14-4-2-1-3-5-14)10-17(20(22,23)24)16(11-25)19(27)28/h1-10,12H/b26-12+. The van der Waals surface area contributed by atoms with E-state index in [1.807, 2.05) is 0 Å². The molecule has 0 amide bonds. The van der Waals surface area contributed by atoms with Gasteiger partial charge in [0.15, 0.2) is 0 Å². The quantitative estimate of drug-likeness (QED) is 0.583. The maximum atomic E-state index is 13.4. The van der Waals surface area contributed by atoms with Crippen LogP contribution in [-0.2, 0) is 6.18 Å². The van der Waals surface area contributed by atoms with Gasteiger partial charge in [-0.3, -0.25) is 4.79 Å². The molecule has 0 saturated heterocycles. The molecule has 0 unspecified atom stereocenters. The second-order valence-corrected chi connectivity index (χ2v) is 6.14. The minimum absolute atomic E-state index is 0.0814. The number of aromatic nitrogens is 1. The van der Waals surface area contributed by atoms with Gasteiger partial charge in [-0.2, -0.15) is 28.2 Å². The van der Waals surface area contributed by atoms with E-state index in [-0.39, 0.29) is 5.69 Å². The molecular weight excluding hydrogens is 391 g/mol. The van der Waals surface area contributed by atoms with E-state index in [0.717, 1.165) is 10.7 Å². The van der Waals surface area contributed by atoms with E-state index in [9.17, 15) is 18.0 Å². The van der Waals surface area contributed by atoms with E-state index in [2.05, 4.69) is 5.10 Å². The van der Waals surface area contributed by atoms with Crippen molar-refractivity contribution in [1.29, 1.82) is 5.26 Å². The molecule has 0 bridgehead atoms. The molecule has 140 valence electrons. The van der Waals surface area contributed by atoms with Crippen LogP contribution in [0.2, 0.25) is 5.02 Å². The summed E-state index contributed by atoms with van der Waals surface area (Å²) in [4.78, 5) is 12.6. The first kappa shape index (κ1) is 19.4. The van der Waals surface area contributed by atoms with Gasteiger partial charge >= 0.3 is 6.18 Å². The molecule has 0 spiro atoms. The van der Waals surface area contributed by atoms with Crippen LogP contribution in [0.1, 0.15) is 16.7 Å². The number of alkyl halides is 3. The van der Waals surface area contributed by atoms with Gasteiger partial charge in [0.2, 0.25) is 0 Å². The fourth-order valence-corrected chi connectivity index (χ4v) is 2.66. The Morgan fingerprint density at radius 3 is 2.29 bits per heavy atom. The van der Waals surface area contributed by atoms with Gasteiger partial charge in [-0.05, 0) is 23.8 Å². The molecule has 3 aromatic rings. The summed E-state index contributed by atoms with van der Waals surface area (Å²) >= 11 is 5.82. The summed E-state index contributed by atoms with van der Waals surface area (Å²) < 4.78 is 40.9. The van der Waals surface area contributed by atoms with Gasteiger partial charge in [0.1, 0.15) is 11.6 Å². The smallest absolute Gasteiger partial charge is 0.266 e. The van der Waals surface area contributed by atoms with Crippen LogP contribution in [0, 0.1) is 11.3 Å². The second-order valence-electron chi connectivity index (χ2n) is 5.71. The maximum Gasteiger partial charge on any atom is 0.417 e. The Bertz CT molecular complexity index is 1130. The molecule has 0 atom stereocenters. The highest BCUT2D eigenvalue weighted by Crippen LogP contribution is 2.33. The van der Waals surface area contributed by atoms with Crippen LogP contribution >= 0.6 is 11.6 Å². The first-order chi connectivity index (χ1) is 13.3. The summed E-state index contributed by atoms with van der Waals surface area (Å²) in [5.74, 6) is 0. The van der Waals surface area contributed by atoms with Crippen molar-refractivity contribution in [1.82, 2.24) is 4.68 Å². The van der Waals surface area contributed by atoms with Crippen molar-refractivity contribution < 1.29 is 13.2 Å². The molecule has 0 fully saturated rings. The van der Waals surface area contributed by atoms with E-state index < -0.39 is 22.9 Å². The first-order valence-corrected chi connectivity index (χ1v) is 8.32. The molecule has 0 aliphatic carbocycles. The van der Waals surface area contributed by atoms with E-state index in [4.69, 9.17) is 16.9 Å². The second kappa shape index (κ2) is 7.71. The number of nitriles is 1. The van der Waals surface area contributed by atoms with Crippen molar-refractivity contribution >= 4 is 17.8 Å². The third-order valence-corrected chi connectivity index (χ3v) is 4.12. The van der Waals surface area contributed by atoms with Gasteiger partial charge in [0, 0.05) is 10.6 Å². The van der Waals surface area contributed by atoms with E-state index in [1.54, 1.807) is 54.6 Å². The largest absolute Gasteiger partial charge is 0.417 e. The van der Waals surface area contributed by atoms with Crippen LogP contribution in [0.25, 0.3) is 11.3 Å². The van der Waals surface area contributed by atoms with Gasteiger partial charge < -0.3 is 0 Å². The SMILES string of the molecule is N#Cc1c(C(F)(F)F)cc(-c2ccccc2)n(/N=C/c2ccc(Cl)cc2)c1=O. The van der Waals surface area contributed by atoms with Crippen molar-refractivity contribution in [2.75, 3.05) is 0 Å². The van der Waals surface area contributed by atoms with Crippen LogP contribution in [0.4, 0.5) is 13.2 Å². The average Bonchev–Trinajstić information content (AvgIpc) is 2.67. The molecule has 1 aromatic heterocycles. The Balaban J connectivity index is 2.26. The lowest BCUT2D eigenvalue weighted by molar-refractivity contribution is -0.137. The molecule has 1 heterocycles. The molecule has 0 radical (unpaired) electrons. The number of hydrogen-bond donors (Lipinski definition) is 0. The number of benzene rings is 2. The predicted octanol–water partition coefficient (Wildman–Crippen LogP) is 4.94. The van der Waals surface area contributed by atoms with Crippen molar-refractivity contribution in [3.05, 3.63) is 92.7 Å². The monoisotopic (exact) mass is 401 g/mol. The highest BCUT2D eigenvalue weighted by atomic mass is 35.5. The summed E-state index contributed by atoms with van der Waals surface area (Å²) in [6.07, 6.45) is -3.55. The maximum absolute atomic E-state index is 13.4. The molecule has 0 aliphatic rings. The molecule has 8 heteroatoms. The molecule has 2 aromatic carbocycles. The number of hydrogen-bond acceptors (Lipinski definition) is 3. The summed E-state index contributed by atoms with van der Waals surface area (Å²) in [7, 11) is 0. The van der Waals surface area contributed by atoms with E-state index in [1.165, 1.54) is 12.3 Å². The zero-order valence-corrected chi connectivity index (χ0v) is 14.9. The number of halogens is 4. The van der Waals surface area contributed by atoms with Gasteiger partial charge in [-0.15, -0.1) is 0 Å². The van der Waals surface area contributed by atoms with Crippen molar-refractivity contribution in [2.45, 2.75) is 6.18 Å². The first-order valence-electron chi connectivity index (χ1n) is 7.94. The zero-order valence-electron chi connectivity index (χ0n) is 14.1. The van der Waals surface area contributed by atoms with Gasteiger partial charge in [0.05, 0.1) is 17.5 Å². The van der Waals surface area contributed by atoms with Gasteiger partial charge in [0.25, 0.3) is 5.56 Å². The highest BCUT2D eigenvalue weighted by Gasteiger charge is 2.36. The Labute approximate surface area is 162 Å². The fraction of sp³-hybridized carbons (Fsp3) is 0.0500. The van der Waals surface area contributed by atoms with Gasteiger partial charge in [-0.1, -0.05) is 54.1 Å². The van der Waals surface area contributed by atoms with Crippen molar-refractivity contribution in [3.63, 3.8) is 0 Å². The van der Waals surface area contributed by atoms with Crippen LogP contribution in [0.3, 0.4) is 0 Å². The van der Waals surface area contributed by atoms with Gasteiger partial charge in [-0.25, -0.2) is 0 Å². The Morgan fingerprint density at radius 1 is 1.07 bits per heavy atom. The molecule has 0 saturated carbocycles. The van der Waals surface area contributed by atoms with E-state index in [0.29, 0.717) is 16.1 Å². The summed E-state index contributed by atoms with van der Waals surface area (Å²) in [6, 6.07) is 16.6. The van der Waals surface area contributed by atoms with E-state index >= 15 is 0 Å². The highest BCUT2D eigenvalue weighted by molar-refractivity contribution is 6.30. The Kier molecular flexibility index (Phi) is 5.34. The lowest BCUT2D eigenvalue weighted by atomic mass is 10.0. The predicted molar refractivity (Wildman–Crippen MR) is 100 cm³/mol. The normalized spacial score (nSPS) is 11.5. The molecule has 3 rings (SSSR count). The third kappa shape index (κ3) is 3.97. The molecule has 4 nitrogen and oxygen atoms in total. The van der Waals surface area contributed by atoms with Crippen LogP contribution in [0.5, 0.6) is 0 Å². The molecule has 0 N–H and O–H groups in total. The zero-order chi connectivity index (χ0) is 20.3. The van der Waals surface area contributed by atoms with Crippen LogP contribution in [-0.4, -0.2) is 10.9 Å². The molecule has 28 heavy (non-hydrogen) atoms. The molecule has 0 aliphatic heterocycles. The minimum atomic E-state index is -4.85. The Morgan fingerprint density at radius 2 is 1.71 bits per heavy atom. The van der Waals surface area contributed by atoms with Crippen LogP contribution in [0.15, 0.2) is 70.6 Å². The molecular formula is C20H11ClF3N3O. The fourth-order valence-electron chi connectivity index (χ4n) is 2.53. The summed E-state index contributed by atoms with van der Waals surface area (Å²) in [6.45, 7) is 0. The number of rotatable bonds is 3. The number of pyridine rings is 1. The lowest BCUT2D eigenvalue weighted by Gasteiger charge is -2.14. The summed E-state index contributed by atoms with van der Waals surface area (Å²) in [5, 5.41) is 13.7. The minimum Gasteiger partial charge on any atom is -0.266 e. The van der Waals surface area contributed by atoms with Crippen LogP contribution < -0.4 is 5.56 Å². The average molecular weight is 402 g/mol. The topological polar surface area (TPSA) is 58.1 Å². The number of nitrogens with zero attached hydrogens (tertiary/aromatic N) is 3. The van der Waals surface area contributed by atoms with Crippen molar-refractivity contribution in [2.24, 2.45) is 5.10 Å². The Hall–Kier alpha value is -3.37. The summed E-state index contributed by atoms with van der Waals surface area (Å²) in [5.41, 5.74) is -2.61. The lowest BCUT2D eigenvalue weighted by Crippen LogP contribution is -2.26. The van der Waals surface area contributed by atoms with Crippen molar-refractivity contribution in [3.8, 4) is 17.3 Å².